The van der Waals surface area contributed by atoms with E-state index < -0.39 is 0 Å². The molecule has 0 aliphatic carbocycles. The van der Waals surface area contributed by atoms with Crippen LogP contribution in [-0.4, -0.2) is 16.7 Å². The molecule has 14 heavy (non-hydrogen) atoms. The second kappa shape index (κ2) is 4.07. The summed E-state index contributed by atoms with van der Waals surface area (Å²) < 4.78 is 1.04. The topological polar surface area (TPSA) is 33.1 Å². The second-order valence-electron chi connectivity index (χ2n) is 3.11. The smallest absolute Gasteiger partial charge is 0.0705 e. The molecule has 0 saturated heterocycles. The quantitative estimate of drug-likeness (QED) is 0.890. The molecule has 0 unspecified atom stereocenters. The Labute approximate surface area is 90.7 Å². The Hall–Kier alpha value is -0.930. The highest BCUT2D eigenvalue weighted by atomic mass is 79.9. The number of aliphatic hydroxyl groups is 1. The van der Waals surface area contributed by atoms with E-state index in [1.165, 1.54) is 0 Å². The fourth-order valence-corrected chi connectivity index (χ4v) is 1.87. The van der Waals surface area contributed by atoms with Crippen molar-refractivity contribution in [2.45, 2.75) is 6.42 Å². The molecule has 0 spiro atoms. The first-order chi connectivity index (χ1) is 6.81. The molecule has 0 aliphatic heterocycles. The van der Waals surface area contributed by atoms with Crippen LogP contribution in [0.25, 0.3) is 10.9 Å². The predicted molar refractivity (Wildman–Crippen MR) is 60.2 cm³/mol. The summed E-state index contributed by atoms with van der Waals surface area (Å²) in [7, 11) is 0. The number of halogens is 1. The van der Waals surface area contributed by atoms with Crippen LogP contribution in [-0.2, 0) is 6.42 Å². The lowest BCUT2D eigenvalue weighted by molar-refractivity contribution is 0.300. The van der Waals surface area contributed by atoms with Crippen molar-refractivity contribution in [2.24, 2.45) is 0 Å². The first kappa shape index (κ1) is 9.62. The lowest BCUT2D eigenvalue weighted by Crippen LogP contribution is -1.93. The van der Waals surface area contributed by atoms with E-state index in [2.05, 4.69) is 20.9 Å². The Bertz CT molecular complexity index is 456. The third kappa shape index (κ3) is 1.79. The number of pyridine rings is 1. The highest BCUT2D eigenvalue weighted by Crippen LogP contribution is 2.21. The van der Waals surface area contributed by atoms with Crippen LogP contribution in [0.15, 0.2) is 34.9 Å². The van der Waals surface area contributed by atoms with Gasteiger partial charge in [0, 0.05) is 22.7 Å². The molecule has 1 N–H and O–H groups in total. The molecular formula is C11H10BrNO. The number of hydrogen-bond donors (Lipinski definition) is 1. The summed E-state index contributed by atoms with van der Waals surface area (Å²) in [6.07, 6.45) is 2.46. The number of aliphatic hydroxyl groups excluding tert-OH is 1. The summed E-state index contributed by atoms with van der Waals surface area (Å²) in [4.78, 5) is 4.26. The van der Waals surface area contributed by atoms with Gasteiger partial charge in [-0.25, -0.2) is 0 Å². The zero-order valence-electron chi connectivity index (χ0n) is 7.57. The zero-order valence-corrected chi connectivity index (χ0v) is 9.16. The van der Waals surface area contributed by atoms with Crippen molar-refractivity contribution >= 4 is 26.8 Å². The molecule has 2 rings (SSSR count). The van der Waals surface area contributed by atoms with E-state index >= 15 is 0 Å². The van der Waals surface area contributed by atoms with Gasteiger partial charge in [0.25, 0.3) is 0 Å². The van der Waals surface area contributed by atoms with Crippen molar-refractivity contribution in [1.82, 2.24) is 4.98 Å². The van der Waals surface area contributed by atoms with Gasteiger partial charge < -0.3 is 5.11 Å². The third-order valence-electron chi connectivity index (χ3n) is 2.18. The lowest BCUT2D eigenvalue weighted by atomic mass is 10.1. The van der Waals surface area contributed by atoms with Crippen LogP contribution in [0.3, 0.4) is 0 Å². The van der Waals surface area contributed by atoms with Crippen molar-refractivity contribution < 1.29 is 5.11 Å². The van der Waals surface area contributed by atoms with Gasteiger partial charge in [-0.2, -0.15) is 0 Å². The van der Waals surface area contributed by atoms with Gasteiger partial charge in [0.15, 0.2) is 0 Å². The Morgan fingerprint density at radius 3 is 2.93 bits per heavy atom. The van der Waals surface area contributed by atoms with Crippen molar-refractivity contribution in [3.63, 3.8) is 0 Å². The van der Waals surface area contributed by atoms with Crippen LogP contribution in [0.4, 0.5) is 0 Å². The fraction of sp³-hybridized carbons (Fsp3) is 0.182. The number of benzene rings is 1. The van der Waals surface area contributed by atoms with E-state index in [0.717, 1.165) is 20.9 Å². The van der Waals surface area contributed by atoms with Crippen LogP contribution in [0, 0.1) is 0 Å². The summed E-state index contributed by atoms with van der Waals surface area (Å²) in [5.41, 5.74) is 2.11. The minimum Gasteiger partial charge on any atom is -0.396 e. The maximum atomic E-state index is 8.92. The van der Waals surface area contributed by atoms with Crippen LogP contribution < -0.4 is 0 Å². The molecule has 2 nitrogen and oxygen atoms in total. The molecular weight excluding hydrogens is 242 g/mol. The van der Waals surface area contributed by atoms with Crippen LogP contribution in [0.5, 0.6) is 0 Å². The average Bonchev–Trinajstić information content (AvgIpc) is 2.19. The third-order valence-corrected chi connectivity index (χ3v) is 2.67. The highest BCUT2D eigenvalue weighted by molar-refractivity contribution is 9.10. The van der Waals surface area contributed by atoms with Gasteiger partial charge in [-0.1, -0.05) is 15.9 Å². The van der Waals surface area contributed by atoms with Crippen molar-refractivity contribution in [2.75, 3.05) is 6.61 Å². The monoisotopic (exact) mass is 251 g/mol. The molecule has 3 heteroatoms. The summed E-state index contributed by atoms with van der Waals surface area (Å²) in [5, 5.41) is 10.0. The molecule has 1 heterocycles. The Morgan fingerprint density at radius 1 is 1.29 bits per heavy atom. The van der Waals surface area contributed by atoms with E-state index in [1.54, 1.807) is 6.20 Å². The van der Waals surface area contributed by atoms with E-state index in [-0.39, 0.29) is 6.61 Å². The molecule has 72 valence electrons. The molecule has 0 saturated carbocycles. The summed E-state index contributed by atoms with van der Waals surface area (Å²) in [6, 6.07) is 7.93. The van der Waals surface area contributed by atoms with Crippen molar-refractivity contribution in [3.8, 4) is 0 Å². The Morgan fingerprint density at radius 2 is 2.14 bits per heavy atom. The molecule has 0 amide bonds. The van der Waals surface area contributed by atoms with Gasteiger partial charge >= 0.3 is 0 Å². The number of fused-ring (bicyclic) bond motifs is 1. The normalized spacial score (nSPS) is 10.7. The molecule has 0 aliphatic rings. The van der Waals surface area contributed by atoms with E-state index in [0.29, 0.717) is 6.42 Å². The van der Waals surface area contributed by atoms with Gasteiger partial charge in [0.05, 0.1) is 5.52 Å². The molecule has 0 fully saturated rings. The van der Waals surface area contributed by atoms with Gasteiger partial charge in [0.1, 0.15) is 0 Å². The standard InChI is InChI=1S/C11H10BrNO/c12-9-1-2-11-10(7-9)8(4-6-14)3-5-13-11/h1-3,5,7,14H,4,6H2. The van der Waals surface area contributed by atoms with E-state index in [1.807, 2.05) is 24.3 Å². The van der Waals surface area contributed by atoms with Gasteiger partial charge in [-0.05, 0) is 36.2 Å². The molecule has 0 radical (unpaired) electrons. The molecule has 1 aromatic heterocycles. The molecule has 0 atom stereocenters. The largest absolute Gasteiger partial charge is 0.396 e. The zero-order chi connectivity index (χ0) is 9.97. The fourth-order valence-electron chi connectivity index (χ4n) is 1.51. The first-order valence-electron chi connectivity index (χ1n) is 4.45. The summed E-state index contributed by atoms with van der Waals surface area (Å²) in [5.74, 6) is 0. The number of nitrogens with zero attached hydrogens (tertiary/aromatic N) is 1. The van der Waals surface area contributed by atoms with Crippen molar-refractivity contribution in [3.05, 3.63) is 40.5 Å². The Kier molecular flexibility index (Phi) is 2.79. The van der Waals surface area contributed by atoms with E-state index in [4.69, 9.17) is 5.11 Å². The lowest BCUT2D eigenvalue weighted by Gasteiger charge is -2.04. The van der Waals surface area contributed by atoms with Gasteiger partial charge in [-0.15, -0.1) is 0 Å². The van der Waals surface area contributed by atoms with Crippen molar-refractivity contribution in [1.29, 1.82) is 0 Å². The SMILES string of the molecule is OCCc1ccnc2ccc(Br)cc12. The maximum Gasteiger partial charge on any atom is 0.0705 e. The predicted octanol–water partition coefficient (Wildman–Crippen LogP) is 2.53. The molecule has 1 aromatic carbocycles. The molecule has 2 aromatic rings. The average molecular weight is 252 g/mol. The van der Waals surface area contributed by atoms with Crippen LogP contribution >= 0.6 is 15.9 Å². The number of rotatable bonds is 2. The first-order valence-corrected chi connectivity index (χ1v) is 5.24. The number of aromatic nitrogens is 1. The second-order valence-corrected chi connectivity index (χ2v) is 4.02. The van der Waals surface area contributed by atoms with E-state index in [9.17, 15) is 0 Å². The maximum absolute atomic E-state index is 8.92. The highest BCUT2D eigenvalue weighted by Gasteiger charge is 2.01. The minimum absolute atomic E-state index is 0.172. The Balaban J connectivity index is 2.64. The number of hydrogen-bond acceptors (Lipinski definition) is 2. The van der Waals surface area contributed by atoms with Crippen LogP contribution in [0.1, 0.15) is 5.56 Å². The minimum atomic E-state index is 0.172. The van der Waals surface area contributed by atoms with Gasteiger partial charge in [0.2, 0.25) is 0 Å². The summed E-state index contributed by atoms with van der Waals surface area (Å²) in [6.45, 7) is 0.172. The summed E-state index contributed by atoms with van der Waals surface area (Å²) >= 11 is 3.43. The van der Waals surface area contributed by atoms with Gasteiger partial charge in [-0.3, -0.25) is 4.98 Å². The molecule has 0 bridgehead atoms. The van der Waals surface area contributed by atoms with Crippen LogP contribution in [0.2, 0.25) is 0 Å².